The Morgan fingerprint density at radius 2 is 2.06 bits per heavy atom. The van der Waals surface area contributed by atoms with Gasteiger partial charge in [0.15, 0.2) is 0 Å². The van der Waals surface area contributed by atoms with Crippen LogP contribution in [0.3, 0.4) is 0 Å². The molecule has 2 saturated heterocycles. The van der Waals surface area contributed by atoms with Gasteiger partial charge < -0.3 is 9.80 Å². The molecule has 2 fully saturated rings. The van der Waals surface area contributed by atoms with Crippen molar-refractivity contribution in [2.24, 2.45) is 0 Å². The zero-order valence-electron chi connectivity index (χ0n) is 18.4. The molecule has 2 aromatic rings. The number of piperidine rings is 1. The zero-order valence-corrected chi connectivity index (χ0v) is 18.4. The summed E-state index contributed by atoms with van der Waals surface area (Å²) in [7, 11) is 0. The molecule has 0 saturated carbocycles. The molecule has 4 heterocycles. The van der Waals surface area contributed by atoms with Gasteiger partial charge >= 0.3 is 0 Å². The third-order valence-corrected chi connectivity index (χ3v) is 7.17. The van der Waals surface area contributed by atoms with Gasteiger partial charge in [0.25, 0.3) is 5.91 Å². The van der Waals surface area contributed by atoms with E-state index in [0.717, 1.165) is 19.4 Å². The lowest BCUT2D eigenvalue weighted by Gasteiger charge is -2.48. The van der Waals surface area contributed by atoms with Gasteiger partial charge in [0.05, 0.1) is 17.3 Å². The summed E-state index contributed by atoms with van der Waals surface area (Å²) in [6.45, 7) is 3.87. The number of nitrogens with zero attached hydrogens (tertiary/aromatic N) is 5. The van der Waals surface area contributed by atoms with Gasteiger partial charge in [-0.3, -0.25) is 24.0 Å². The molecule has 1 aromatic carbocycles. The van der Waals surface area contributed by atoms with Crippen molar-refractivity contribution in [2.75, 3.05) is 24.5 Å². The summed E-state index contributed by atoms with van der Waals surface area (Å²) in [5.41, 5.74) is 0.597. The number of fused-ring (bicyclic) bond motifs is 3. The quantitative estimate of drug-likeness (QED) is 0.724. The SMILES string of the molecule is CC12CCC(=O)N1c1ccccc1C(=O)N2CCCC(=O)N1CCCC(n2cccn2)C1. The molecule has 5 rings (SSSR count). The van der Waals surface area contributed by atoms with E-state index in [0.29, 0.717) is 50.0 Å². The number of carbonyl (C=O) groups is 3. The molecule has 0 N–H and O–H groups in total. The Bertz CT molecular complexity index is 1040. The van der Waals surface area contributed by atoms with Gasteiger partial charge in [0.2, 0.25) is 11.8 Å². The van der Waals surface area contributed by atoms with Crippen LogP contribution in [-0.2, 0) is 9.59 Å². The van der Waals surface area contributed by atoms with Crippen LogP contribution in [0.25, 0.3) is 0 Å². The first kappa shape index (κ1) is 20.7. The molecule has 3 amide bonds. The van der Waals surface area contributed by atoms with Crippen LogP contribution >= 0.6 is 0 Å². The van der Waals surface area contributed by atoms with Crippen molar-refractivity contribution in [1.82, 2.24) is 19.6 Å². The predicted octanol–water partition coefficient (Wildman–Crippen LogP) is 2.83. The highest BCUT2D eigenvalue weighted by Gasteiger charge is 2.52. The number of rotatable bonds is 5. The number of hydrogen-bond donors (Lipinski definition) is 0. The first-order valence-corrected chi connectivity index (χ1v) is 11.5. The summed E-state index contributed by atoms with van der Waals surface area (Å²) in [4.78, 5) is 44.4. The minimum absolute atomic E-state index is 0.0477. The van der Waals surface area contributed by atoms with E-state index in [9.17, 15) is 14.4 Å². The molecule has 8 heteroatoms. The van der Waals surface area contributed by atoms with Gasteiger partial charge in [-0.25, -0.2) is 0 Å². The minimum atomic E-state index is -0.665. The molecular formula is C24H29N5O3. The Labute approximate surface area is 187 Å². The second-order valence-electron chi connectivity index (χ2n) is 9.15. The molecule has 0 spiro atoms. The van der Waals surface area contributed by atoms with Crippen LogP contribution in [0.4, 0.5) is 5.69 Å². The lowest BCUT2D eigenvalue weighted by molar-refractivity contribution is -0.133. The predicted molar refractivity (Wildman–Crippen MR) is 119 cm³/mol. The van der Waals surface area contributed by atoms with Crippen molar-refractivity contribution in [1.29, 1.82) is 0 Å². The average molecular weight is 436 g/mol. The van der Waals surface area contributed by atoms with E-state index in [2.05, 4.69) is 5.10 Å². The van der Waals surface area contributed by atoms with Crippen LogP contribution in [0.2, 0.25) is 0 Å². The summed E-state index contributed by atoms with van der Waals surface area (Å²) in [5, 5.41) is 4.33. The third-order valence-electron chi connectivity index (χ3n) is 7.17. The van der Waals surface area contributed by atoms with E-state index in [1.165, 1.54) is 0 Å². The summed E-state index contributed by atoms with van der Waals surface area (Å²) in [6.07, 6.45) is 7.71. The maximum atomic E-state index is 13.3. The van der Waals surface area contributed by atoms with Gasteiger partial charge in [0, 0.05) is 44.9 Å². The maximum absolute atomic E-state index is 13.3. The van der Waals surface area contributed by atoms with Gasteiger partial charge in [0.1, 0.15) is 5.66 Å². The fourth-order valence-electron chi connectivity index (χ4n) is 5.48. The Balaban J connectivity index is 1.25. The summed E-state index contributed by atoms with van der Waals surface area (Å²) in [5.74, 6) is 0.112. The fraction of sp³-hybridized carbons (Fsp3) is 0.500. The first-order chi connectivity index (χ1) is 15.5. The van der Waals surface area contributed by atoms with Crippen LogP contribution in [0.15, 0.2) is 42.7 Å². The number of likely N-dealkylation sites (tertiary alicyclic amines) is 1. The van der Waals surface area contributed by atoms with Crippen molar-refractivity contribution in [3.8, 4) is 0 Å². The lowest BCUT2D eigenvalue weighted by atomic mass is 9.97. The van der Waals surface area contributed by atoms with Gasteiger partial charge in [-0.2, -0.15) is 5.10 Å². The lowest BCUT2D eigenvalue weighted by Crippen LogP contribution is -2.62. The Kier molecular flexibility index (Phi) is 5.23. The Hall–Kier alpha value is -3.16. The van der Waals surface area contributed by atoms with Crippen molar-refractivity contribution < 1.29 is 14.4 Å². The monoisotopic (exact) mass is 435 g/mol. The number of amides is 3. The number of hydrogen-bond acceptors (Lipinski definition) is 4. The molecule has 3 aliphatic heterocycles. The van der Waals surface area contributed by atoms with Crippen LogP contribution in [0, 0.1) is 0 Å². The maximum Gasteiger partial charge on any atom is 0.257 e. The highest BCUT2D eigenvalue weighted by molar-refractivity contribution is 6.10. The summed E-state index contributed by atoms with van der Waals surface area (Å²) in [6, 6.07) is 9.45. The second kappa shape index (κ2) is 8.07. The molecule has 168 valence electrons. The largest absolute Gasteiger partial charge is 0.341 e. The Morgan fingerprint density at radius 1 is 1.22 bits per heavy atom. The van der Waals surface area contributed by atoms with Crippen molar-refractivity contribution >= 4 is 23.4 Å². The molecular weight excluding hydrogens is 406 g/mol. The number of anilines is 1. The number of carbonyl (C=O) groups excluding carboxylic acids is 3. The van der Waals surface area contributed by atoms with Crippen LogP contribution in [0.5, 0.6) is 0 Å². The van der Waals surface area contributed by atoms with Gasteiger partial charge in [-0.05, 0) is 50.8 Å². The normalized spacial score (nSPS) is 25.2. The highest BCUT2D eigenvalue weighted by atomic mass is 16.2. The van der Waals surface area contributed by atoms with Crippen molar-refractivity contribution in [2.45, 2.75) is 57.2 Å². The van der Waals surface area contributed by atoms with Crippen LogP contribution in [-0.4, -0.2) is 62.6 Å². The number of para-hydroxylation sites is 1. The van der Waals surface area contributed by atoms with Crippen LogP contribution < -0.4 is 4.90 Å². The molecule has 0 aliphatic carbocycles. The van der Waals surface area contributed by atoms with Crippen molar-refractivity contribution in [3.05, 3.63) is 48.3 Å². The van der Waals surface area contributed by atoms with E-state index in [-0.39, 0.29) is 23.8 Å². The standard InChI is InChI=1S/C24H29N5O3/c1-24-12-11-22(31)29(24)20-9-3-2-8-19(20)23(32)27(24)15-5-10-21(30)26-14-4-7-18(17-26)28-16-6-13-25-28/h2-3,6,8-9,13,16,18H,4-5,7,10-12,14-15,17H2,1H3. The average Bonchev–Trinajstić information content (AvgIpc) is 3.45. The minimum Gasteiger partial charge on any atom is -0.341 e. The zero-order chi connectivity index (χ0) is 22.3. The molecule has 32 heavy (non-hydrogen) atoms. The molecule has 2 unspecified atom stereocenters. The van der Waals surface area contributed by atoms with E-state index < -0.39 is 5.66 Å². The number of benzene rings is 1. The molecule has 2 atom stereocenters. The van der Waals surface area contributed by atoms with E-state index >= 15 is 0 Å². The smallest absolute Gasteiger partial charge is 0.257 e. The van der Waals surface area contributed by atoms with E-state index in [1.54, 1.807) is 22.1 Å². The van der Waals surface area contributed by atoms with E-state index in [4.69, 9.17) is 0 Å². The molecule has 1 aromatic heterocycles. The van der Waals surface area contributed by atoms with Gasteiger partial charge in [-0.1, -0.05) is 12.1 Å². The van der Waals surface area contributed by atoms with Gasteiger partial charge in [-0.15, -0.1) is 0 Å². The highest BCUT2D eigenvalue weighted by Crippen LogP contribution is 2.44. The molecule has 0 radical (unpaired) electrons. The third kappa shape index (κ3) is 3.38. The molecule has 8 nitrogen and oxygen atoms in total. The van der Waals surface area contributed by atoms with Crippen molar-refractivity contribution in [3.63, 3.8) is 0 Å². The summed E-state index contributed by atoms with van der Waals surface area (Å²) < 4.78 is 1.94. The molecule has 3 aliphatic rings. The first-order valence-electron chi connectivity index (χ1n) is 11.5. The van der Waals surface area contributed by atoms with Crippen LogP contribution in [0.1, 0.15) is 61.8 Å². The Morgan fingerprint density at radius 3 is 2.88 bits per heavy atom. The summed E-state index contributed by atoms with van der Waals surface area (Å²) >= 11 is 0. The second-order valence-corrected chi connectivity index (χ2v) is 9.15. The van der Waals surface area contributed by atoms with E-state index in [1.807, 2.05) is 47.0 Å². The number of aromatic nitrogens is 2. The molecule has 0 bridgehead atoms. The fourth-order valence-corrected chi connectivity index (χ4v) is 5.48. The topological polar surface area (TPSA) is 78.8 Å².